The summed E-state index contributed by atoms with van der Waals surface area (Å²) in [7, 11) is 0. The number of halogens is 1. The molecule has 2 N–H and O–H groups in total. The van der Waals surface area contributed by atoms with E-state index in [9.17, 15) is 14.7 Å². The standard InChI is InChI=1S/C20H23ClN4O3/c1-3-18(26)23-15-11-16(20(27)28)19(22-12-15)25-8-6-24(7-9-25)17-10-14(21)5-4-13(17)2/h4-5,10-12H,3,6-9H2,1-2H3,(H,23,26)(H,27,28). The summed E-state index contributed by atoms with van der Waals surface area (Å²) in [6.45, 7) is 6.52. The Labute approximate surface area is 168 Å². The first-order valence-electron chi connectivity index (χ1n) is 9.18. The molecule has 1 saturated heterocycles. The summed E-state index contributed by atoms with van der Waals surface area (Å²) in [6, 6.07) is 7.29. The molecule has 0 spiro atoms. The average Bonchev–Trinajstić information content (AvgIpc) is 2.70. The van der Waals surface area contributed by atoms with Crippen molar-refractivity contribution in [3.05, 3.63) is 46.6 Å². The first kappa shape index (κ1) is 19.9. The zero-order valence-corrected chi connectivity index (χ0v) is 16.7. The molecular formula is C20H23ClN4O3. The van der Waals surface area contributed by atoms with Crippen LogP contribution < -0.4 is 15.1 Å². The van der Waals surface area contributed by atoms with Gasteiger partial charge in [0.2, 0.25) is 5.91 Å². The summed E-state index contributed by atoms with van der Waals surface area (Å²) in [5, 5.41) is 13.0. The lowest BCUT2D eigenvalue weighted by Gasteiger charge is -2.37. The number of aryl methyl sites for hydroxylation is 1. The van der Waals surface area contributed by atoms with Crippen LogP contribution in [0.4, 0.5) is 17.2 Å². The monoisotopic (exact) mass is 402 g/mol. The lowest BCUT2D eigenvalue weighted by Crippen LogP contribution is -2.47. The molecule has 148 valence electrons. The topological polar surface area (TPSA) is 85.8 Å². The van der Waals surface area contributed by atoms with Crippen molar-refractivity contribution in [2.45, 2.75) is 20.3 Å². The van der Waals surface area contributed by atoms with Gasteiger partial charge in [0, 0.05) is 43.3 Å². The molecule has 1 aromatic heterocycles. The van der Waals surface area contributed by atoms with E-state index in [0.717, 1.165) is 24.3 Å². The number of aromatic carboxylic acids is 1. The number of anilines is 3. The smallest absolute Gasteiger partial charge is 0.339 e. The Morgan fingerprint density at radius 1 is 1.18 bits per heavy atom. The molecule has 3 rings (SSSR count). The zero-order valence-electron chi connectivity index (χ0n) is 15.9. The minimum atomic E-state index is -1.07. The number of hydrogen-bond acceptors (Lipinski definition) is 5. The first-order valence-corrected chi connectivity index (χ1v) is 9.56. The average molecular weight is 403 g/mol. The fourth-order valence-electron chi connectivity index (χ4n) is 3.27. The number of benzene rings is 1. The van der Waals surface area contributed by atoms with Crippen LogP contribution in [0.1, 0.15) is 29.3 Å². The number of rotatable bonds is 5. The number of aromatic nitrogens is 1. The molecule has 0 saturated carbocycles. The van der Waals surface area contributed by atoms with Gasteiger partial charge < -0.3 is 20.2 Å². The van der Waals surface area contributed by atoms with Crippen molar-refractivity contribution in [3.63, 3.8) is 0 Å². The van der Waals surface area contributed by atoms with Crippen molar-refractivity contribution in [2.75, 3.05) is 41.3 Å². The number of amides is 1. The Kier molecular flexibility index (Phi) is 6.04. The number of carbonyl (C=O) groups excluding carboxylic acids is 1. The molecule has 28 heavy (non-hydrogen) atoms. The largest absolute Gasteiger partial charge is 0.478 e. The Hall–Kier alpha value is -2.80. The normalized spacial score (nSPS) is 14.1. The molecule has 0 unspecified atom stereocenters. The molecule has 0 atom stereocenters. The lowest BCUT2D eigenvalue weighted by molar-refractivity contribution is -0.115. The highest BCUT2D eigenvalue weighted by Gasteiger charge is 2.24. The summed E-state index contributed by atoms with van der Waals surface area (Å²) < 4.78 is 0. The van der Waals surface area contributed by atoms with Gasteiger partial charge in [-0.3, -0.25) is 4.79 Å². The number of pyridine rings is 1. The van der Waals surface area contributed by atoms with Crippen LogP contribution in [0.2, 0.25) is 5.02 Å². The summed E-state index contributed by atoms with van der Waals surface area (Å²) in [5.74, 6) is -0.830. The van der Waals surface area contributed by atoms with E-state index < -0.39 is 5.97 Å². The number of carboxylic acid groups (broad SMARTS) is 1. The van der Waals surface area contributed by atoms with Crippen LogP contribution in [0.25, 0.3) is 0 Å². The number of nitrogens with zero attached hydrogens (tertiary/aromatic N) is 3. The van der Waals surface area contributed by atoms with Crippen LogP contribution in [0, 0.1) is 6.92 Å². The maximum absolute atomic E-state index is 11.7. The minimum Gasteiger partial charge on any atom is -0.478 e. The van der Waals surface area contributed by atoms with E-state index in [2.05, 4.69) is 15.2 Å². The highest BCUT2D eigenvalue weighted by molar-refractivity contribution is 6.30. The molecule has 0 radical (unpaired) electrons. The molecule has 7 nitrogen and oxygen atoms in total. The van der Waals surface area contributed by atoms with Gasteiger partial charge in [0.05, 0.1) is 11.9 Å². The zero-order chi connectivity index (χ0) is 20.3. The van der Waals surface area contributed by atoms with Crippen molar-refractivity contribution in [1.29, 1.82) is 0 Å². The lowest BCUT2D eigenvalue weighted by atomic mass is 10.1. The van der Waals surface area contributed by atoms with Crippen LogP contribution >= 0.6 is 11.6 Å². The first-order chi connectivity index (χ1) is 13.4. The van der Waals surface area contributed by atoms with Gasteiger partial charge in [-0.25, -0.2) is 9.78 Å². The second-order valence-electron chi connectivity index (χ2n) is 6.71. The van der Waals surface area contributed by atoms with Gasteiger partial charge in [0.15, 0.2) is 0 Å². The number of carbonyl (C=O) groups is 2. The van der Waals surface area contributed by atoms with E-state index in [-0.39, 0.29) is 11.5 Å². The van der Waals surface area contributed by atoms with E-state index in [4.69, 9.17) is 11.6 Å². The Morgan fingerprint density at radius 2 is 1.86 bits per heavy atom. The van der Waals surface area contributed by atoms with E-state index in [1.807, 2.05) is 30.0 Å². The number of piperazine rings is 1. The van der Waals surface area contributed by atoms with Crippen molar-refractivity contribution in [1.82, 2.24) is 4.98 Å². The van der Waals surface area contributed by atoms with Gasteiger partial charge in [-0.15, -0.1) is 0 Å². The van der Waals surface area contributed by atoms with E-state index in [1.165, 1.54) is 12.3 Å². The molecule has 1 aliphatic heterocycles. The van der Waals surface area contributed by atoms with Crippen molar-refractivity contribution < 1.29 is 14.7 Å². The van der Waals surface area contributed by atoms with Gasteiger partial charge in [-0.2, -0.15) is 0 Å². The van der Waals surface area contributed by atoms with Gasteiger partial charge >= 0.3 is 5.97 Å². The molecule has 1 fully saturated rings. The molecule has 1 aliphatic rings. The predicted molar refractivity (Wildman–Crippen MR) is 111 cm³/mol. The Bertz CT molecular complexity index is 895. The highest BCUT2D eigenvalue weighted by atomic mass is 35.5. The molecular weight excluding hydrogens is 380 g/mol. The highest BCUT2D eigenvalue weighted by Crippen LogP contribution is 2.28. The quantitative estimate of drug-likeness (QED) is 0.797. The summed E-state index contributed by atoms with van der Waals surface area (Å²) in [5.41, 5.74) is 2.72. The second kappa shape index (κ2) is 8.48. The van der Waals surface area contributed by atoms with E-state index >= 15 is 0 Å². The van der Waals surface area contributed by atoms with Crippen molar-refractivity contribution in [2.24, 2.45) is 0 Å². The molecule has 1 aromatic carbocycles. The van der Waals surface area contributed by atoms with Crippen LogP contribution in [-0.4, -0.2) is 48.1 Å². The minimum absolute atomic E-state index is 0.0845. The number of hydrogen-bond donors (Lipinski definition) is 2. The molecule has 2 aromatic rings. The summed E-state index contributed by atoms with van der Waals surface area (Å²) in [6.07, 6.45) is 1.82. The second-order valence-corrected chi connectivity index (χ2v) is 7.14. The third kappa shape index (κ3) is 4.36. The Morgan fingerprint density at radius 3 is 2.50 bits per heavy atom. The van der Waals surface area contributed by atoms with Crippen LogP contribution in [0.15, 0.2) is 30.5 Å². The SMILES string of the molecule is CCC(=O)Nc1cnc(N2CCN(c3cc(Cl)ccc3C)CC2)c(C(=O)O)c1. The summed E-state index contributed by atoms with van der Waals surface area (Å²) >= 11 is 6.14. The molecule has 8 heteroatoms. The maximum atomic E-state index is 11.7. The Balaban J connectivity index is 1.77. The third-order valence-electron chi connectivity index (χ3n) is 4.79. The fourth-order valence-corrected chi connectivity index (χ4v) is 3.43. The number of carboxylic acids is 1. The van der Waals surface area contributed by atoms with E-state index in [1.54, 1.807) is 6.92 Å². The van der Waals surface area contributed by atoms with Gasteiger partial charge in [-0.1, -0.05) is 24.6 Å². The van der Waals surface area contributed by atoms with Crippen LogP contribution in [0.3, 0.4) is 0 Å². The van der Waals surface area contributed by atoms with E-state index in [0.29, 0.717) is 36.0 Å². The fraction of sp³-hybridized carbons (Fsp3) is 0.350. The molecule has 0 bridgehead atoms. The van der Waals surface area contributed by atoms with Gasteiger partial charge in [-0.05, 0) is 30.7 Å². The van der Waals surface area contributed by atoms with Crippen LogP contribution in [-0.2, 0) is 4.79 Å². The van der Waals surface area contributed by atoms with Crippen LogP contribution in [0.5, 0.6) is 0 Å². The van der Waals surface area contributed by atoms with Gasteiger partial charge in [0.25, 0.3) is 0 Å². The summed E-state index contributed by atoms with van der Waals surface area (Å²) in [4.78, 5) is 31.8. The molecule has 2 heterocycles. The van der Waals surface area contributed by atoms with Crippen molar-refractivity contribution in [3.8, 4) is 0 Å². The number of nitrogens with one attached hydrogen (secondary N) is 1. The van der Waals surface area contributed by atoms with Gasteiger partial charge in [0.1, 0.15) is 11.4 Å². The molecule has 1 amide bonds. The molecule has 0 aliphatic carbocycles. The predicted octanol–water partition coefficient (Wildman–Crippen LogP) is 3.42. The maximum Gasteiger partial charge on any atom is 0.339 e. The third-order valence-corrected chi connectivity index (χ3v) is 5.03. The van der Waals surface area contributed by atoms with Crippen molar-refractivity contribution >= 4 is 40.7 Å².